The Labute approximate surface area is 126 Å². The Bertz CT molecular complexity index is 486. The van der Waals surface area contributed by atoms with E-state index in [-0.39, 0.29) is 6.03 Å². The van der Waals surface area contributed by atoms with Gasteiger partial charge in [-0.2, -0.15) is 0 Å². The zero-order valence-electron chi connectivity index (χ0n) is 13.2. The highest BCUT2D eigenvalue weighted by Crippen LogP contribution is 2.18. The Morgan fingerprint density at radius 3 is 2.10 bits per heavy atom. The number of nitrogens with zero attached hydrogens (tertiary/aromatic N) is 2. The van der Waals surface area contributed by atoms with Crippen molar-refractivity contribution in [2.75, 3.05) is 13.1 Å². The van der Waals surface area contributed by atoms with Crippen molar-refractivity contribution in [2.24, 2.45) is 0 Å². The minimum absolute atomic E-state index is 0.253. The van der Waals surface area contributed by atoms with Crippen LogP contribution in [0.1, 0.15) is 33.3 Å². The van der Waals surface area contributed by atoms with Crippen molar-refractivity contribution in [1.82, 2.24) is 9.80 Å². The number of benzene rings is 1. The topological polar surface area (TPSA) is 60.9 Å². The molecule has 0 aliphatic rings. The summed E-state index contributed by atoms with van der Waals surface area (Å²) in [6.45, 7) is 8.13. The van der Waals surface area contributed by atoms with E-state index in [1.807, 2.05) is 37.3 Å². The summed E-state index contributed by atoms with van der Waals surface area (Å²) in [4.78, 5) is 27.1. The zero-order chi connectivity index (χ0) is 16.0. The van der Waals surface area contributed by atoms with Crippen LogP contribution in [0.3, 0.4) is 0 Å². The lowest BCUT2D eigenvalue weighted by molar-refractivity contribution is -0.147. The zero-order valence-corrected chi connectivity index (χ0v) is 13.2. The third-order valence-electron chi connectivity index (χ3n) is 3.61. The molecule has 5 nitrogen and oxygen atoms in total. The minimum atomic E-state index is -1.23. The fourth-order valence-electron chi connectivity index (χ4n) is 2.17. The summed E-state index contributed by atoms with van der Waals surface area (Å²) in [6.07, 6.45) is 0. The lowest BCUT2D eigenvalue weighted by Gasteiger charge is -2.37. The number of carboxylic acids is 1. The van der Waals surface area contributed by atoms with Gasteiger partial charge in [0.25, 0.3) is 0 Å². The second kappa shape index (κ2) is 7.11. The predicted octanol–water partition coefficient (Wildman–Crippen LogP) is 2.81. The maximum Gasteiger partial charge on any atom is 0.329 e. The van der Waals surface area contributed by atoms with Crippen molar-refractivity contribution in [2.45, 2.75) is 39.8 Å². The first-order chi connectivity index (χ1) is 9.84. The van der Waals surface area contributed by atoms with Crippen LogP contribution in [-0.2, 0) is 11.3 Å². The van der Waals surface area contributed by atoms with E-state index in [4.69, 9.17) is 0 Å². The SMILES string of the molecule is CCN(Cc1ccccc1)C(=O)N(CC)C(C)(C)C(=O)O. The average molecular weight is 292 g/mol. The largest absolute Gasteiger partial charge is 0.480 e. The molecule has 0 aliphatic heterocycles. The number of urea groups is 1. The highest BCUT2D eigenvalue weighted by molar-refractivity contribution is 5.85. The molecule has 0 unspecified atom stereocenters. The third-order valence-corrected chi connectivity index (χ3v) is 3.61. The average Bonchev–Trinajstić information content (AvgIpc) is 2.46. The summed E-state index contributed by atoms with van der Waals surface area (Å²) in [5.41, 5.74) is -0.201. The van der Waals surface area contributed by atoms with E-state index in [2.05, 4.69) is 0 Å². The van der Waals surface area contributed by atoms with Crippen molar-refractivity contribution >= 4 is 12.0 Å². The van der Waals surface area contributed by atoms with Crippen LogP contribution in [0.25, 0.3) is 0 Å². The summed E-state index contributed by atoms with van der Waals surface area (Å²) in [5.74, 6) is -1.01. The van der Waals surface area contributed by atoms with E-state index >= 15 is 0 Å². The van der Waals surface area contributed by atoms with Gasteiger partial charge in [-0.3, -0.25) is 0 Å². The maximum absolute atomic E-state index is 12.6. The Balaban J connectivity index is 2.93. The Morgan fingerprint density at radius 1 is 1.10 bits per heavy atom. The number of hydrogen-bond acceptors (Lipinski definition) is 2. The van der Waals surface area contributed by atoms with Gasteiger partial charge in [-0.25, -0.2) is 9.59 Å². The molecule has 5 heteroatoms. The van der Waals surface area contributed by atoms with Crippen LogP contribution in [0.5, 0.6) is 0 Å². The fraction of sp³-hybridized carbons (Fsp3) is 0.500. The van der Waals surface area contributed by atoms with Gasteiger partial charge in [-0.05, 0) is 33.3 Å². The molecule has 0 aromatic heterocycles. The first-order valence-corrected chi connectivity index (χ1v) is 7.18. The lowest BCUT2D eigenvalue weighted by atomic mass is 10.0. The summed E-state index contributed by atoms with van der Waals surface area (Å²) >= 11 is 0. The number of aliphatic carboxylic acids is 1. The summed E-state index contributed by atoms with van der Waals surface area (Å²) in [6, 6.07) is 9.42. The molecule has 0 atom stereocenters. The van der Waals surface area contributed by atoms with Gasteiger partial charge in [0.05, 0.1) is 0 Å². The number of likely N-dealkylation sites (N-methyl/N-ethyl adjacent to an activating group) is 1. The number of amides is 2. The molecular weight excluding hydrogens is 268 g/mol. The molecule has 0 radical (unpaired) electrons. The first kappa shape index (κ1) is 17.0. The molecule has 0 heterocycles. The fourth-order valence-corrected chi connectivity index (χ4v) is 2.17. The van der Waals surface area contributed by atoms with Crippen molar-refractivity contribution in [1.29, 1.82) is 0 Å². The number of carbonyl (C=O) groups excluding carboxylic acids is 1. The highest BCUT2D eigenvalue weighted by atomic mass is 16.4. The van der Waals surface area contributed by atoms with Gasteiger partial charge in [-0.15, -0.1) is 0 Å². The molecule has 1 rings (SSSR count). The summed E-state index contributed by atoms with van der Waals surface area (Å²) < 4.78 is 0. The molecule has 116 valence electrons. The highest BCUT2D eigenvalue weighted by Gasteiger charge is 2.38. The maximum atomic E-state index is 12.6. The van der Waals surface area contributed by atoms with Gasteiger partial charge in [0, 0.05) is 19.6 Å². The van der Waals surface area contributed by atoms with E-state index < -0.39 is 11.5 Å². The van der Waals surface area contributed by atoms with E-state index in [1.54, 1.807) is 25.7 Å². The van der Waals surface area contributed by atoms with E-state index in [1.165, 1.54) is 4.90 Å². The van der Waals surface area contributed by atoms with Gasteiger partial charge in [-0.1, -0.05) is 30.3 Å². The second-order valence-corrected chi connectivity index (χ2v) is 5.39. The molecule has 1 aromatic rings. The molecule has 1 aromatic carbocycles. The van der Waals surface area contributed by atoms with E-state index in [9.17, 15) is 14.7 Å². The molecule has 21 heavy (non-hydrogen) atoms. The van der Waals surface area contributed by atoms with Gasteiger partial charge in [0.2, 0.25) is 0 Å². The number of carbonyl (C=O) groups is 2. The van der Waals surface area contributed by atoms with E-state index in [0.717, 1.165) is 5.56 Å². The molecule has 0 aliphatic carbocycles. The molecule has 0 fully saturated rings. The molecule has 0 bridgehead atoms. The summed E-state index contributed by atoms with van der Waals surface area (Å²) in [7, 11) is 0. The predicted molar refractivity (Wildman–Crippen MR) is 82.0 cm³/mol. The van der Waals surface area contributed by atoms with Crippen molar-refractivity contribution in [3.05, 3.63) is 35.9 Å². The monoisotopic (exact) mass is 292 g/mol. The lowest BCUT2D eigenvalue weighted by Crippen LogP contribution is -2.56. The Hall–Kier alpha value is -2.04. The first-order valence-electron chi connectivity index (χ1n) is 7.18. The number of carboxylic acid groups (broad SMARTS) is 1. The molecule has 0 saturated heterocycles. The minimum Gasteiger partial charge on any atom is -0.480 e. The number of rotatable bonds is 6. The molecule has 0 spiro atoms. The second-order valence-electron chi connectivity index (χ2n) is 5.39. The van der Waals surface area contributed by atoms with Crippen molar-refractivity contribution in [3.8, 4) is 0 Å². The van der Waals surface area contributed by atoms with Crippen molar-refractivity contribution < 1.29 is 14.7 Å². The van der Waals surface area contributed by atoms with Gasteiger partial charge >= 0.3 is 12.0 Å². The van der Waals surface area contributed by atoms with Gasteiger partial charge in [0.1, 0.15) is 5.54 Å². The Kier molecular flexibility index (Phi) is 5.76. The smallest absolute Gasteiger partial charge is 0.329 e. The van der Waals surface area contributed by atoms with Crippen LogP contribution >= 0.6 is 0 Å². The molecule has 1 N–H and O–H groups in total. The van der Waals surface area contributed by atoms with E-state index in [0.29, 0.717) is 19.6 Å². The Morgan fingerprint density at radius 2 is 1.67 bits per heavy atom. The molecule has 0 saturated carbocycles. The molecule has 2 amide bonds. The molecular formula is C16H24N2O3. The normalized spacial score (nSPS) is 11.0. The standard InChI is InChI=1S/C16H24N2O3/c1-5-17(12-13-10-8-7-9-11-13)15(21)18(6-2)16(3,4)14(19)20/h7-11H,5-6,12H2,1-4H3,(H,19,20). The van der Waals surface area contributed by atoms with Crippen molar-refractivity contribution in [3.63, 3.8) is 0 Å². The van der Waals surface area contributed by atoms with Crippen LogP contribution in [0, 0.1) is 0 Å². The number of hydrogen-bond donors (Lipinski definition) is 1. The van der Waals surface area contributed by atoms with Crippen LogP contribution in [-0.4, -0.2) is 45.5 Å². The third kappa shape index (κ3) is 3.97. The van der Waals surface area contributed by atoms with Gasteiger partial charge < -0.3 is 14.9 Å². The van der Waals surface area contributed by atoms with Gasteiger partial charge in [0.15, 0.2) is 0 Å². The van der Waals surface area contributed by atoms with Crippen LogP contribution in [0.15, 0.2) is 30.3 Å². The van der Waals surface area contributed by atoms with Crippen LogP contribution in [0.4, 0.5) is 4.79 Å². The van der Waals surface area contributed by atoms with Crippen LogP contribution < -0.4 is 0 Å². The quantitative estimate of drug-likeness (QED) is 0.877. The summed E-state index contributed by atoms with van der Waals surface area (Å²) in [5, 5.41) is 9.32. The van der Waals surface area contributed by atoms with Crippen LogP contribution in [0.2, 0.25) is 0 Å².